The van der Waals surface area contributed by atoms with E-state index in [1.165, 1.54) is 12.1 Å². The second-order valence-electron chi connectivity index (χ2n) is 6.60. The number of anilines is 1. The molecule has 6 nitrogen and oxygen atoms in total. The third-order valence-electron chi connectivity index (χ3n) is 4.68. The molecule has 1 heterocycles. The van der Waals surface area contributed by atoms with Crippen molar-refractivity contribution in [1.82, 2.24) is 0 Å². The number of sulfonamides is 1. The maximum Gasteiger partial charge on any atom is 0.374 e. The topological polar surface area (TPSA) is 85.6 Å². The zero-order valence-corrected chi connectivity index (χ0v) is 16.7. The summed E-state index contributed by atoms with van der Waals surface area (Å²) in [5.41, 5.74) is 1.44. The molecule has 0 aliphatic heterocycles. The molecule has 0 amide bonds. The van der Waals surface area contributed by atoms with Gasteiger partial charge >= 0.3 is 5.97 Å². The maximum atomic E-state index is 12.9. The van der Waals surface area contributed by atoms with Crippen LogP contribution in [0.15, 0.2) is 70.0 Å². The Morgan fingerprint density at radius 3 is 2.55 bits per heavy atom. The molecule has 0 aliphatic rings. The molecule has 0 radical (unpaired) electrons. The molecule has 0 unspecified atom stereocenters. The number of carbonyl (C=O) groups excluding carboxylic acids is 1. The number of fused-ring (bicyclic) bond motifs is 2. The third kappa shape index (κ3) is 3.56. The predicted molar refractivity (Wildman–Crippen MR) is 112 cm³/mol. The van der Waals surface area contributed by atoms with E-state index in [4.69, 9.17) is 9.15 Å². The van der Waals surface area contributed by atoms with Crippen LogP contribution < -0.4 is 4.72 Å². The first-order valence-electron chi connectivity index (χ1n) is 9.11. The molecular formula is C22H19NO5S. The Kier molecular flexibility index (Phi) is 4.76. The summed E-state index contributed by atoms with van der Waals surface area (Å²) in [6, 6.07) is 17.6. The Balaban J connectivity index is 1.70. The van der Waals surface area contributed by atoms with Crippen molar-refractivity contribution in [3.63, 3.8) is 0 Å². The van der Waals surface area contributed by atoms with Crippen molar-refractivity contribution >= 4 is 43.4 Å². The van der Waals surface area contributed by atoms with Gasteiger partial charge in [0.1, 0.15) is 5.58 Å². The summed E-state index contributed by atoms with van der Waals surface area (Å²) in [6.45, 7) is 3.63. The van der Waals surface area contributed by atoms with Crippen LogP contribution in [0.4, 0.5) is 5.69 Å². The highest BCUT2D eigenvalue weighted by Crippen LogP contribution is 2.29. The van der Waals surface area contributed by atoms with Gasteiger partial charge in [0.05, 0.1) is 11.5 Å². The molecule has 1 aromatic heterocycles. The van der Waals surface area contributed by atoms with E-state index >= 15 is 0 Å². The fraction of sp³-hybridized carbons (Fsp3) is 0.136. The average molecular weight is 409 g/mol. The largest absolute Gasteiger partial charge is 0.460 e. The summed E-state index contributed by atoms with van der Waals surface area (Å²) in [5, 5.41) is 2.51. The van der Waals surface area contributed by atoms with Crippen LogP contribution in [0, 0.1) is 6.92 Å². The summed E-state index contributed by atoms with van der Waals surface area (Å²) in [7, 11) is -3.82. The molecule has 0 bridgehead atoms. The SMILES string of the molecule is CCOC(=O)c1oc2ccc(S(=O)(=O)Nc3ccc4ccccc4c3)cc2c1C. The molecule has 0 saturated carbocycles. The summed E-state index contributed by atoms with van der Waals surface area (Å²) < 4.78 is 39.0. The van der Waals surface area contributed by atoms with Gasteiger partial charge in [-0.05, 0) is 55.0 Å². The zero-order chi connectivity index (χ0) is 20.6. The van der Waals surface area contributed by atoms with Crippen molar-refractivity contribution < 1.29 is 22.4 Å². The minimum Gasteiger partial charge on any atom is -0.460 e. The van der Waals surface area contributed by atoms with E-state index in [0.717, 1.165) is 10.8 Å². The Labute approximate surface area is 168 Å². The summed E-state index contributed by atoms with van der Waals surface area (Å²) >= 11 is 0. The van der Waals surface area contributed by atoms with Gasteiger partial charge in [-0.25, -0.2) is 13.2 Å². The van der Waals surface area contributed by atoms with Crippen LogP contribution in [-0.4, -0.2) is 21.0 Å². The van der Waals surface area contributed by atoms with Crippen LogP contribution in [0.2, 0.25) is 0 Å². The molecule has 4 aromatic rings. The summed E-state index contributed by atoms with van der Waals surface area (Å²) in [5.74, 6) is -0.487. The van der Waals surface area contributed by atoms with Crippen LogP contribution >= 0.6 is 0 Å². The molecule has 0 atom stereocenters. The Bertz CT molecular complexity index is 1340. The molecular weight excluding hydrogens is 390 g/mol. The van der Waals surface area contributed by atoms with Crippen LogP contribution in [0.5, 0.6) is 0 Å². The number of ether oxygens (including phenoxy) is 1. The van der Waals surface area contributed by atoms with Crippen LogP contribution in [-0.2, 0) is 14.8 Å². The number of carbonyl (C=O) groups is 1. The van der Waals surface area contributed by atoms with E-state index in [-0.39, 0.29) is 17.3 Å². The third-order valence-corrected chi connectivity index (χ3v) is 6.06. The molecule has 4 rings (SSSR count). The number of rotatable bonds is 5. The van der Waals surface area contributed by atoms with Gasteiger partial charge in [0.15, 0.2) is 0 Å². The standard InChI is InChI=1S/C22H19NO5S/c1-3-27-22(24)21-14(2)19-13-18(10-11-20(19)28-21)29(25,26)23-17-9-8-15-6-4-5-7-16(15)12-17/h4-13,23H,3H2,1-2H3. The number of nitrogens with one attached hydrogen (secondary N) is 1. The highest BCUT2D eigenvalue weighted by atomic mass is 32.2. The lowest BCUT2D eigenvalue weighted by atomic mass is 10.1. The number of hydrogen-bond donors (Lipinski definition) is 1. The number of esters is 1. The molecule has 0 saturated heterocycles. The zero-order valence-electron chi connectivity index (χ0n) is 15.9. The van der Waals surface area contributed by atoms with Crippen molar-refractivity contribution in [2.75, 3.05) is 11.3 Å². The van der Waals surface area contributed by atoms with E-state index in [1.54, 1.807) is 32.0 Å². The quantitative estimate of drug-likeness (QED) is 0.475. The van der Waals surface area contributed by atoms with Gasteiger partial charge < -0.3 is 9.15 Å². The first-order valence-corrected chi connectivity index (χ1v) is 10.6. The van der Waals surface area contributed by atoms with Crippen LogP contribution in [0.3, 0.4) is 0 Å². The van der Waals surface area contributed by atoms with Gasteiger partial charge in [-0.15, -0.1) is 0 Å². The predicted octanol–water partition coefficient (Wildman–Crippen LogP) is 4.87. The highest BCUT2D eigenvalue weighted by molar-refractivity contribution is 7.92. The van der Waals surface area contributed by atoms with Gasteiger partial charge in [0.2, 0.25) is 5.76 Å². The van der Waals surface area contributed by atoms with Crippen molar-refractivity contribution in [3.8, 4) is 0 Å². The number of aryl methyl sites for hydroxylation is 1. The molecule has 148 valence electrons. The second kappa shape index (κ2) is 7.25. The van der Waals surface area contributed by atoms with Crippen molar-refractivity contribution in [2.24, 2.45) is 0 Å². The van der Waals surface area contributed by atoms with Gasteiger partial charge in [0, 0.05) is 16.6 Å². The van der Waals surface area contributed by atoms with E-state index in [9.17, 15) is 13.2 Å². The van der Waals surface area contributed by atoms with Gasteiger partial charge in [-0.3, -0.25) is 4.72 Å². The number of furan rings is 1. The Morgan fingerprint density at radius 1 is 1.03 bits per heavy atom. The monoisotopic (exact) mass is 409 g/mol. The van der Waals surface area contributed by atoms with E-state index in [0.29, 0.717) is 22.2 Å². The number of hydrogen-bond acceptors (Lipinski definition) is 5. The smallest absolute Gasteiger partial charge is 0.374 e. The molecule has 0 aliphatic carbocycles. The first-order chi connectivity index (χ1) is 13.9. The van der Waals surface area contributed by atoms with E-state index in [1.807, 2.05) is 30.3 Å². The lowest BCUT2D eigenvalue weighted by molar-refractivity contribution is 0.0491. The van der Waals surface area contributed by atoms with Crippen molar-refractivity contribution in [1.29, 1.82) is 0 Å². The molecule has 29 heavy (non-hydrogen) atoms. The minimum atomic E-state index is -3.82. The first kappa shape index (κ1) is 19.0. The molecule has 0 fully saturated rings. The van der Waals surface area contributed by atoms with Gasteiger partial charge in [-0.1, -0.05) is 30.3 Å². The Hall–Kier alpha value is -3.32. The van der Waals surface area contributed by atoms with E-state index < -0.39 is 16.0 Å². The second-order valence-corrected chi connectivity index (χ2v) is 8.28. The lowest BCUT2D eigenvalue weighted by Crippen LogP contribution is -2.12. The normalized spacial score (nSPS) is 11.7. The van der Waals surface area contributed by atoms with Crippen molar-refractivity contribution in [2.45, 2.75) is 18.7 Å². The lowest BCUT2D eigenvalue weighted by Gasteiger charge is -2.09. The van der Waals surface area contributed by atoms with E-state index in [2.05, 4.69) is 4.72 Å². The molecule has 3 aromatic carbocycles. The summed E-state index contributed by atoms with van der Waals surface area (Å²) in [6.07, 6.45) is 0. The maximum absolute atomic E-state index is 12.9. The van der Waals surface area contributed by atoms with Crippen molar-refractivity contribution in [3.05, 3.63) is 72.0 Å². The molecule has 1 N–H and O–H groups in total. The van der Waals surface area contributed by atoms with Gasteiger partial charge in [-0.2, -0.15) is 0 Å². The van der Waals surface area contributed by atoms with Gasteiger partial charge in [0.25, 0.3) is 10.0 Å². The van der Waals surface area contributed by atoms with Crippen LogP contribution in [0.1, 0.15) is 23.0 Å². The minimum absolute atomic E-state index is 0.0810. The number of benzene rings is 3. The summed E-state index contributed by atoms with van der Waals surface area (Å²) in [4.78, 5) is 12.1. The highest BCUT2D eigenvalue weighted by Gasteiger charge is 2.21. The average Bonchev–Trinajstić information content (AvgIpc) is 3.04. The molecule has 7 heteroatoms. The van der Waals surface area contributed by atoms with Crippen LogP contribution in [0.25, 0.3) is 21.7 Å². The molecule has 0 spiro atoms. The fourth-order valence-electron chi connectivity index (χ4n) is 3.23. The fourth-order valence-corrected chi connectivity index (χ4v) is 4.30. The Morgan fingerprint density at radius 2 is 1.79 bits per heavy atom.